The summed E-state index contributed by atoms with van der Waals surface area (Å²) in [6.07, 6.45) is 1.97. The Hall–Kier alpha value is -7.04. The largest absolute Gasteiger partial charge is 0.256 e. The van der Waals surface area contributed by atoms with Gasteiger partial charge in [0.1, 0.15) is 0 Å². The highest BCUT2D eigenvalue weighted by Crippen LogP contribution is 2.42. The first kappa shape index (κ1) is 29.8. The standard InChI is InChI=1S/C48H30N4/c1-3-14-31(15-4-1)46-50-47(32-16-5-2-6-17-32)52-48(51-46)36-28-34(37-26-33-18-7-12-25-44(33)49-30-37)27-35(29-36)38-23-13-24-43-41-20-9-8-19-39(41)40-21-10-11-22-42(40)45(38)43/h1-30H. The maximum Gasteiger partial charge on any atom is 0.164 e. The molecule has 0 aliphatic rings. The van der Waals surface area contributed by atoms with Gasteiger partial charge in [-0.3, -0.25) is 4.98 Å². The summed E-state index contributed by atoms with van der Waals surface area (Å²) in [5.41, 5.74) is 8.03. The van der Waals surface area contributed by atoms with Crippen LogP contribution < -0.4 is 0 Å². The van der Waals surface area contributed by atoms with E-state index in [4.69, 9.17) is 19.9 Å². The van der Waals surface area contributed by atoms with Crippen molar-refractivity contribution in [3.63, 3.8) is 0 Å². The lowest BCUT2D eigenvalue weighted by Crippen LogP contribution is -2.00. The van der Waals surface area contributed by atoms with E-state index < -0.39 is 0 Å². The van der Waals surface area contributed by atoms with E-state index in [0.29, 0.717) is 17.5 Å². The Labute approximate surface area is 300 Å². The molecule has 2 aromatic heterocycles. The van der Waals surface area contributed by atoms with Gasteiger partial charge in [0.15, 0.2) is 17.5 Å². The Morgan fingerprint density at radius 2 is 0.788 bits per heavy atom. The number of pyridine rings is 1. The Morgan fingerprint density at radius 3 is 1.44 bits per heavy atom. The van der Waals surface area contributed by atoms with Crippen LogP contribution in [0.25, 0.3) is 99.6 Å². The van der Waals surface area contributed by atoms with Gasteiger partial charge in [-0.25, -0.2) is 15.0 Å². The van der Waals surface area contributed by atoms with Gasteiger partial charge in [0.2, 0.25) is 0 Å². The van der Waals surface area contributed by atoms with E-state index in [1.54, 1.807) is 0 Å². The van der Waals surface area contributed by atoms with Crippen molar-refractivity contribution in [3.8, 4) is 56.4 Å². The van der Waals surface area contributed by atoms with Gasteiger partial charge in [-0.15, -0.1) is 0 Å². The molecule has 0 fully saturated rings. The van der Waals surface area contributed by atoms with E-state index >= 15 is 0 Å². The lowest BCUT2D eigenvalue weighted by Gasteiger charge is -2.16. The van der Waals surface area contributed by atoms with Gasteiger partial charge in [0, 0.05) is 33.8 Å². The van der Waals surface area contributed by atoms with E-state index in [1.165, 1.54) is 32.3 Å². The quantitative estimate of drug-likeness (QED) is 0.172. The van der Waals surface area contributed by atoms with Crippen molar-refractivity contribution in [2.45, 2.75) is 0 Å². The van der Waals surface area contributed by atoms with Crippen LogP contribution in [0.15, 0.2) is 182 Å². The van der Waals surface area contributed by atoms with Crippen molar-refractivity contribution < 1.29 is 0 Å². The number of hydrogen-bond donors (Lipinski definition) is 0. The van der Waals surface area contributed by atoms with Gasteiger partial charge in [-0.2, -0.15) is 0 Å². The molecule has 10 aromatic rings. The second-order valence-electron chi connectivity index (χ2n) is 13.1. The first-order valence-corrected chi connectivity index (χ1v) is 17.5. The predicted molar refractivity (Wildman–Crippen MR) is 215 cm³/mol. The van der Waals surface area contributed by atoms with Crippen LogP contribution in [0.1, 0.15) is 0 Å². The Bertz CT molecular complexity index is 2850. The first-order chi connectivity index (χ1) is 25.8. The zero-order valence-electron chi connectivity index (χ0n) is 28.1. The maximum absolute atomic E-state index is 5.13. The summed E-state index contributed by atoms with van der Waals surface area (Å²) >= 11 is 0. The molecule has 0 saturated heterocycles. The van der Waals surface area contributed by atoms with Gasteiger partial charge < -0.3 is 0 Å². The van der Waals surface area contributed by atoms with Crippen LogP contribution in [0.4, 0.5) is 0 Å². The van der Waals surface area contributed by atoms with Crippen LogP contribution in [-0.2, 0) is 0 Å². The van der Waals surface area contributed by atoms with E-state index in [1.807, 2.05) is 79.0 Å². The van der Waals surface area contributed by atoms with E-state index in [9.17, 15) is 0 Å². The average Bonchev–Trinajstić information content (AvgIpc) is 3.23. The predicted octanol–water partition coefficient (Wildman–Crippen LogP) is 12.2. The fourth-order valence-electron chi connectivity index (χ4n) is 7.44. The molecule has 52 heavy (non-hydrogen) atoms. The molecule has 0 amide bonds. The zero-order chi connectivity index (χ0) is 34.4. The molecule has 0 aliphatic carbocycles. The summed E-state index contributed by atoms with van der Waals surface area (Å²) in [5.74, 6) is 1.87. The van der Waals surface area contributed by atoms with Crippen molar-refractivity contribution in [2.24, 2.45) is 0 Å². The third-order valence-corrected chi connectivity index (χ3v) is 9.89. The third kappa shape index (κ3) is 5.17. The summed E-state index contributed by atoms with van der Waals surface area (Å²) < 4.78 is 0. The minimum absolute atomic E-state index is 0.611. The van der Waals surface area contributed by atoms with Crippen molar-refractivity contribution in [1.82, 2.24) is 19.9 Å². The van der Waals surface area contributed by atoms with Crippen LogP contribution in [-0.4, -0.2) is 19.9 Å². The molecular formula is C48H30N4. The number of fused-ring (bicyclic) bond motifs is 7. The van der Waals surface area contributed by atoms with Crippen molar-refractivity contribution in [2.75, 3.05) is 0 Å². The number of rotatable bonds is 5. The molecule has 2 heterocycles. The highest BCUT2D eigenvalue weighted by atomic mass is 15.0. The second-order valence-corrected chi connectivity index (χ2v) is 13.1. The smallest absolute Gasteiger partial charge is 0.164 e. The number of aromatic nitrogens is 4. The van der Waals surface area contributed by atoms with Crippen LogP contribution in [0.2, 0.25) is 0 Å². The fourth-order valence-corrected chi connectivity index (χ4v) is 7.44. The first-order valence-electron chi connectivity index (χ1n) is 17.5. The fraction of sp³-hybridized carbons (Fsp3) is 0. The number of benzene rings is 8. The molecule has 0 bridgehead atoms. The molecule has 0 saturated carbocycles. The van der Waals surface area contributed by atoms with Crippen LogP contribution in [0.5, 0.6) is 0 Å². The second kappa shape index (κ2) is 12.4. The molecule has 0 unspecified atom stereocenters. The van der Waals surface area contributed by atoms with E-state index in [-0.39, 0.29) is 0 Å². The van der Waals surface area contributed by atoms with Gasteiger partial charge in [0.05, 0.1) is 5.52 Å². The van der Waals surface area contributed by atoms with E-state index in [2.05, 4.69) is 103 Å². The highest BCUT2D eigenvalue weighted by molar-refractivity contribution is 6.28. The van der Waals surface area contributed by atoms with Crippen molar-refractivity contribution in [1.29, 1.82) is 0 Å². The van der Waals surface area contributed by atoms with Crippen LogP contribution in [0, 0.1) is 0 Å². The molecule has 4 heteroatoms. The topological polar surface area (TPSA) is 51.6 Å². The van der Waals surface area contributed by atoms with Crippen LogP contribution in [0.3, 0.4) is 0 Å². The molecular weight excluding hydrogens is 633 g/mol. The normalized spacial score (nSPS) is 11.5. The minimum atomic E-state index is 0.611. The molecule has 8 aromatic carbocycles. The highest BCUT2D eigenvalue weighted by Gasteiger charge is 2.18. The average molecular weight is 663 g/mol. The van der Waals surface area contributed by atoms with E-state index in [0.717, 1.165) is 49.8 Å². The zero-order valence-corrected chi connectivity index (χ0v) is 28.1. The summed E-state index contributed by atoms with van der Waals surface area (Å²) in [6, 6.07) is 61.5. The number of para-hydroxylation sites is 1. The molecule has 242 valence electrons. The lowest BCUT2D eigenvalue weighted by atomic mass is 9.88. The lowest BCUT2D eigenvalue weighted by molar-refractivity contribution is 1.07. The van der Waals surface area contributed by atoms with Gasteiger partial charge in [0.25, 0.3) is 0 Å². The SMILES string of the molecule is c1ccc(-c2nc(-c3ccccc3)nc(-c3cc(-c4cnc5ccccc5c4)cc(-c4cccc5c6ccccc6c6ccccc6c45)c3)n2)cc1. The Balaban J connectivity index is 1.28. The Morgan fingerprint density at radius 1 is 0.308 bits per heavy atom. The molecule has 4 nitrogen and oxygen atoms in total. The molecule has 0 N–H and O–H groups in total. The summed E-state index contributed by atoms with van der Waals surface area (Å²) in [5, 5.41) is 8.50. The van der Waals surface area contributed by atoms with Crippen molar-refractivity contribution in [3.05, 3.63) is 182 Å². The molecule has 10 rings (SSSR count). The van der Waals surface area contributed by atoms with Crippen LogP contribution >= 0.6 is 0 Å². The van der Waals surface area contributed by atoms with Gasteiger partial charge in [-0.1, -0.05) is 146 Å². The summed E-state index contributed by atoms with van der Waals surface area (Å²) in [7, 11) is 0. The third-order valence-electron chi connectivity index (χ3n) is 9.89. The number of hydrogen-bond acceptors (Lipinski definition) is 4. The Kier molecular flexibility index (Phi) is 7.10. The summed E-state index contributed by atoms with van der Waals surface area (Å²) in [6.45, 7) is 0. The molecule has 0 aliphatic heterocycles. The molecule has 0 radical (unpaired) electrons. The van der Waals surface area contributed by atoms with Gasteiger partial charge >= 0.3 is 0 Å². The monoisotopic (exact) mass is 662 g/mol. The molecule has 0 atom stereocenters. The molecule has 0 spiro atoms. The van der Waals surface area contributed by atoms with Crippen molar-refractivity contribution >= 4 is 43.2 Å². The summed E-state index contributed by atoms with van der Waals surface area (Å²) in [4.78, 5) is 20.1. The number of nitrogens with zero attached hydrogens (tertiary/aromatic N) is 4. The van der Waals surface area contributed by atoms with Gasteiger partial charge in [-0.05, 0) is 79.3 Å². The maximum atomic E-state index is 5.13. The minimum Gasteiger partial charge on any atom is -0.256 e.